The van der Waals surface area contributed by atoms with Gasteiger partial charge in [0.25, 0.3) is 0 Å². The molecule has 0 aliphatic carbocycles. The lowest BCUT2D eigenvalue weighted by Crippen LogP contribution is -2.31. The molecule has 0 radical (unpaired) electrons. The van der Waals surface area contributed by atoms with Crippen LogP contribution in [-0.2, 0) is 6.54 Å². The highest BCUT2D eigenvalue weighted by Gasteiger charge is 2.16. The molecule has 0 bridgehead atoms. The zero-order chi connectivity index (χ0) is 13.0. The second kappa shape index (κ2) is 5.70. The Morgan fingerprint density at radius 1 is 1.33 bits per heavy atom. The van der Waals surface area contributed by atoms with E-state index >= 15 is 0 Å². The second-order valence-corrected chi connectivity index (χ2v) is 3.93. The third-order valence-corrected chi connectivity index (χ3v) is 2.71. The Kier molecular flexibility index (Phi) is 4.01. The van der Waals surface area contributed by atoms with Crippen LogP contribution in [0.15, 0.2) is 36.7 Å². The molecular weight excluding hydrogens is 231 g/mol. The zero-order valence-corrected chi connectivity index (χ0v) is 10.2. The minimum atomic E-state index is -1.52. The molecule has 1 aromatic carbocycles. The first-order valence-corrected chi connectivity index (χ1v) is 5.74. The fourth-order valence-electron chi connectivity index (χ4n) is 1.72. The number of benzene rings is 1. The molecule has 0 unspecified atom stereocenters. The maximum atomic E-state index is 9.19. The summed E-state index contributed by atoms with van der Waals surface area (Å²) in [4.78, 5) is 4.12. The van der Waals surface area contributed by atoms with E-state index in [0.717, 1.165) is 5.82 Å². The van der Waals surface area contributed by atoms with Crippen molar-refractivity contribution in [1.82, 2.24) is 9.55 Å². The van der Waals surface area contributed by atoms with Crippen LogP contribution in [0.25, 0.3) is 0 Å². The average Bonchev–Trinajstić information content (AvgIpc) is 2.76. The number of aryl methyl sites for hydroxylation is 1. The number of ether oxygens (including phenoxy) is 1. The lowest BCUT2D eigenvalue weighted by atomic mass is 9.79. The van der Waals surface area contributed by atoms with Crippen molar-refractivity contribution < 1.29 is 14.8 Å². The highest BCUT2D eigenvalue weighted by atomic mass is 16.5. The van der Waals surface area contributed by atoms with Crippen molar-refractivity contribution in [2.24, 2.45) is 0 Å². The van der Waals surface area contributed by atoms with Gasteiger partial charge >= 0.3 is 7.12 Å². The van der Waals surface area contributed by atoms with E-state index in [2.05, 4.69) is 4.98 Å². The summed E-state index contributed by atoms with van der Waals surface area (Å²) in [6.45, 7) is 3.04. The Labute approximate surface area is 106 Å². The molecule has 18 heavy (non-hydrogen) atoms. The van der Waals surface area contributed by atoms with Crippen LogP contribution in [0.4, 0.5) is 0 Å². The first-order chi connectivity index (χ1) is 8.68. The SMILES string of the molecule is Cc1nccn1CCOc1ccccc1B(O)O. The zero-order valence-electron chi connectivity index (χ0n) is 10.2. The Bertz CT molecular complexity index is 514. The Balaban J connectivity index is 1.96. The first kappa shape index (κ1) is 12.7. The van der Waals surface area contributed by atoms with E-state index in [-0.39, 0.29) is 0 Å². The fourth-order valence-corrected chi connectivity index (χ4v) is 1.72. The predicted octanol–water partition coefficient (Wildman–Crippen LogP) is -0.0497. The number of aromatic nitrogens is 2. The van der Waals surface area contributed by atoms with Crippen molar-refractivity contribution >= 4 is 12.6 Å². The van der Waals surface area contributed by atoms with Gasteiger partial charge in [0.2, 0.25) is 0 Å². The van der Waals surface area contributed by atoms with Crippen LogP contribution in [0.2, 0.25) is 0 Å². The van der Waals surface area contributed by atoms with E-state index in [1.54, 1.807) is 30.5 Å². The van der Waals surface area contributed by atoms with E-state index in [9.17, 15) is 10.0 Å². The van der Waals surface area contributed by atoms with Crippen molar-refractivity contribution in [2.45, 2.75) is 13.5 Å². The summed E-state index contributed by atoms with van der Waals surface area (Å²) in [6, 6.07) is 6.88. The highest BCUT2D eigenvalue weighted by Crippen LogP contribution is 2.07. The molecule has 0 amide bonds. The average molecular weight is 246 g/mol. The quantitative estimate of drug-likeness (QED) is 0.726. The van der Waals surface area contributed by atoms with Gasteiger partial charge in [0.05, 0.1) is 6.54 Å². The minimum absolute atomic E-state index is 0.375. The molecule has 0 spiro atoms. The molecule has 0 aliphatic heterocycles. The third-order valence-electron chi connectivity index (χ3n) is 2.71. The summed E-state index contributed by atoms with van der Waals surface area (Å²) in [5, 5.41) is 18.4. The molecule has 2 N–H and O–H groups in total. The first-order valence-electron chi connectivity index (χ1n) is 5.74. The molecule has 0 atom stereocenters. The Morgan fingerprint density at radius 2 is 2.11 bits per heavy atom. The van der Waals surface area contributed by atoms with Crippen LogP contribution in [0.3, 0.4) is 0 Å². The lowest BCUT2D eigenvalue weighted by Gasteiger charge is -2.11. The predicted molar refractivity (Wildman–Crippen MR) is 68.7 cm³/mol. The summed E-state index contributed by atoms with van der Waals surface area (Å²) in [5.41, 5.74) is 0.375. The van der Waals surface area contributed by atoms with Gasteiger partial charge in [-0.1, -0.05) is 18.2 Å². The largest absolute Gasteiger partial charge is 0.492 e. The van der Waals surface area contributed by atoms with Gasteiger partial charge in [0.1, 0.15) is 18.2 Å². The molecule has 1 aromatic heterocycles. The summed E-state index contributed by atoms with van der Waals surface area (Å²) in [5.74, 6) is 1.42. The molecule has 0 fully saturated rings. The van der Waals surface area contributed by atoms with Crippen molar-refractivity contribution in [2.75, 3.05) is 6.61 Å². The van der Waals surface area contributed by atoms with Gasteiger partial charge in [-0.15, -0.1) is 0 Å². The number of hydrogen-bond acceptors (Lipinski definition) is 4. The maximum Gasteiger partial charge on any atom is 0.492 e. The molecule has 0 saturated carbocycles. The van der Waals surface area contributed by atoms with Gasteiger partial charge < -0.3 is 19.4 Å². The third kappa shape index (κ3) is 2.91. The molecule has 2 rings (SSSR count). The van der Waals surface area contributed by atoms with Crippen LogP contribution < -0.4 is 10.2 Å². The fraction of sp³-hybridized carbons (Fsp3) is 0.250. The van der Waals surface area contributed by atoms with Crippen LogP contribution in [0.5, 0.6) is 5.75 Å². The van der Waals surface area contributed by atoms with Gasteiger partial charge in [-0.25, -0.2) is 4.98 Å². The molecule has 6 heteroatoms. The number of imidazole rings is 1. The van der Waals surface area contributed by atoms with Gasteiger partial charge in [-0.3, -0.25) is 0 Å². The number of para-hydroxylation sites is 1. The summed E-state index contributed by atoms with van der Waals surface area (Å²) < 4.78 is 7.53. The van der Waals surface area contributed by atoms with Crippen LogP contribution in [0.1, 0.15) is 5.82 Å². The molecule has 2 aromatic rings. The van der Waals surface area contributed by atoms with Crippen molar-refractivity contribution in [3.8, 4) is 5.75 Å². The van der Waals surface area contributed by atoms with Crippen molar-refractivity contribution in [3.63, 3.8) is 0 Å². The van der Waals surface area contributed by atoms with Gasteiger partial charge in [0, 0.05) is 17.9 Å². The monoisotopic (exact) mass is 246 g/mol. The van der Waals surface area contributed by atoms with Crippen molar-refractivity contribution in [1.29, 1.82) is 0 Å². The molecule has 94 valence electrons. The number of nitrogens with zero attached hydrogens (tertiary/aromatic N) is 2. The van der Waals surface area contributed by atoms with Crippen LogP contribution in [0, 0.1) is 6.92 Å². The highest BCUT2D eigenvalue weighted by molar-refractivity contribution is 6.59. The summed E-state index contributed by atoms with van der Waals surface area (Å²) >= 11 is 0. The molecule has 0 saturated heterocycles. The Morgan fingerprint density at radius 3 is 2.78 bits per heavy atom. The smallest absolute Gasteiger partial charge is 0.492 e. The number of rotatable bonds is 5. The van der Waals surface area contributed by atoms with Crippen LogP contribution >= 0.6 is 0 Å². The number of hydrogen-bond donors (Lipinski definition) is 2. The van der Waals surface area contributed by atoms with Crippen LogP contribution in [-0.4, -0.2) is 33.3 Å². The summed E-state index contributed by atoms with van der Waals surface area (Å²) in [6.07, 6.45) is 3.62. The molecule has 5 nitrogen and oxygen atoms in total. The summed E-state index contributed by atoms with van der Waals surface area (Å²) in [7, 11) is -1.52. The second-order valence-electron chi connectivity index (χ2n) is 3.93. The topological polar surface area (TPSA) is 67.5 Å². The molecular formula is C12H15BN2O3. The normalized spacial score (nSPS) is 10.4. The van der Waals surface area contributed by atoms with E-state index < -0.39 is 7.12 Å². The van der Waals surface area contributed by atoms with E-state index in [1.165, 1.54) is 0 Å². The van der Waals surface area contributed by atoms with E-state index in [0.29, 0.717) is 24.4 Å². The Hall–Kier alpha value is -1.79. The lowest BCUT2D eigenvalue weighted by molar-refractivity contribution is 0.297. The van der Waals surface area contributed by atoms with Crippen molar-refractivity contribution in [3.05, 3.63) is 42.5 Å². The molecule has 1 heterocycles. The minimum Gasteiger partial charge on any atom is -0.492 e. The molecule has 0 aliphatic rings. The van der Waals surface area contributed by atoms with Gasteiger partial charge in [-0.05, 0) is 13.0 Å². The maximum absolute atomic E-state index is 9.19. The van der Waals surface area contributed by atoms with E-state index in [4.69, 9.17) is 4.74 Å². The standard InChI is InChI=1S/C12H15BN2O3/c1-10-14-6-7-15(10)8-9-18-12-5-3-2-4-11(12)13(16)17/h2-7,16-17H,8-9H2,1H3. The van der Waals surface area contributed by atoms with Gasteiger partial charge in [-0.2, -0.15) is 0 Å². The van der Waals surface area contributed by atoms with Gasteiger partial charge in [0.15, 0.2) is 0 Å². The van der Waals surface area contributed by atoms with E-state index in [1.807, 2.05) is 17.7 Å².